The van der Waals surface area contributed by atoms with E-state index in [1.165, 1.54) is 0 Å². The van der Waals surface area contributed by atoms with E-state index in [0.29, 0.717) is 17.8 Å². The highest BCUT2D eigenvalue weighted by Gasteiger charge is 2.04. The summed E-state index contributed by atoms with van der Waals surface area (Å²) in [6.07, 6.45) is 5.54. The van der Waals surface area contributed by atoms with Gasteiger partial charge in [-0.3, -0.25) is 14.8 Å². The quantitative estimate of drug-likeness (QED) is 0.635. The monoisotopic (exact) mass is 236 g/mol. The average Bonchev–Trinajstić information content (AvgIpc) is 2.47. The van der Waals surface area contributed by atoms with Crippen LogP contribution >= 0.6 is 0 Å². The standard InChI is InChI=1S/C13H8N4O/c18-8-10-3-4-16-13(17-10)9-1-2-11-12(7-9)15-6-5-14-11/h1-8H. The van der Waals surface area contributed by atoms with Gasteiger partial charge in [0.15, 0.2) is 12.1 Å². The molecule has 0 saturated carbocycles. The van der Waals surface area contributed by atoms with Crippen molar-refractivity contribution in [2.75, 3.05) is 0 Å². The highest BCUT2D eigenvalue weighted by molar-refractivity contribution is 5.80. The molecule has 0 fully saturated rings. The van der Waals surface area contributed by atoms with Gasteiger partial charge in [-0.1, -0.05) is 0 Å². The van der Waals surface area contributed by atoms with Crippen LogP contribution in [0.1, 0.15) is 10.5 Å². The Morgan fingerprint density at radius 3 is 2.56 bits per heavy atom. The number of carbonyl (C=O) groups excluding carboxylic acids is 1. The Labute approximate surface area is 103 Å². The number of nitrogens with zero attached hydrogens (tertiary/aromatic N) is 4. The minimum Gasteiger partial charge on any atom is -0.296 e. The first-order valence-corrected chi connectivity index (χ1v) is 5.36. The molecule has 0 bridgehead atoms. The van der Waals surface area contributed by atoms with Crippen LogP contribution in [0, 0.1) is 0 Å². The highest BCUT2D eigenvalue weighted by Crippen LogP contribution is 2.18. The third kappa shape index (κ3) is 1.82. The zero-order valence-corrected chi connectivity index (χ0v) is 9.32. The van der Waals surface area contributed by atoms with Crippen molar-refractivity contribution in [1.29, 1.82) is 0 Å². The minimum absolute atomic E-state index is 0.360. The molecule has 0 N–H and O–H groups in total. The van der Waals surface area contributed by atoms with Crippen LogP contribution in [0.25, 0.3) is 22.4 Å². The molecule has 0 aliphatic rings. The minimum atomic E-state index is 0.360. The molecule has 0 spiro atoms. The topological polar surface area (TPSA) is 68.6 Å². The Morgan fingerprint density at radius 2 is 1.72 bits per heavy atom. The molecule has 0 unspecified atom stereocenters. The lowest BCUT2D eigenvalue weighted by Gasteiger charge is -2.01. The van der Waals surface area contributed by atoms with E-state index in [1.54, 1.807) is 24.7 Å². The largest absolute Gasteiger partial charge is 0.296 e. The molecule has 2 aromatic heterocycles. The Balaban J connectivity index is 2.15. The van der Waals surface area contributed by atoms with Gasteiger partial charge in [0.2, 0.25) is 0 Å². The van der Waals surface area contributed by atoms with Crippen molar-refractivity contribution in [3.8, 4) is 11.4 Å². The normalized spacial score (nSPS) is 10.4. The van der Waals surface area contributed by atoms with Gasteiger partial charge in [0.1, 0.15) is 5.69 Å². The molecule has 2 heterocycles. The van der Waals surface area contributed by atoms with E-state index < -0.39 is 0 Å². The van der Waals surface area contributed by atoms with Crippen molar-refractivity contribution < 1.29 is 4.79 Å². The molecule has 0 atom stereocenters. The van der Waals surface area contributed by atoms with Gasteiger partial charge >= 0.3 is 0 Å². The lowest BCUT2D eigenvalue weighted by Crippen LogP contribution is -1.93. The summed E-state index contributed by atoms with van der Waals surface area (Å²) in [5, 5.41) is 0. The van der Waals surface area contributed by atoms with Crippen LogP contribution in [0.2, 0.25) is 0 Å². The van der Waals surface area contributed by atoms with Crippen LogP contribution < -0.4 is 0 Å². The molecule has 3 aromatic rings. The van der Waals surface area contributed by atoms with Gasteiger partial charge in [-0.15, -0.1) is 0 Å². The summed E-state index contributed by atoms with van der Waals surface area (Å²) in [5.74, 6) is 0.507. The van der Waals surface area contributed by atoms with Crippen molar-refractivity contribution >= 4 is 17.3 Å². The van der Waals surface area contributed by atoms with E-state index in [0.717, 1.165) is 16.6 Å². The van der Waals surface area contributed by atoms with Crippen molar-refractivity contribution in [2.24, 2.45) is 0 Å². The second-order valence-corrected chi connectivity index (χ2v) is 3.68. The first-order valence-electron chi connectivity index (χ1n) is 5.36. The van der Waals surface area contributed by atoms with E-state index in [2.05, 4.69) is 19.9 Å². The molecule has 0 aliphatic carbocycles. The van der Waals surface area contributed by atoms with Crippen molar-refractivity contribution in [1.82, 2.24) is 19.9 Å². The number of carbonyl (C=O) groups is 1. The van der Waals surface area contributed by atoms with E-state index in [-0.39, 0.29) is 0 Å². The van der Waals surface area contributed by atoms with Crippen molar-refractivity contribution in [2.45, 2.75) is 0 Å². The molecular formula is C13H8N4O. The Hall–Kier alpha value is -2.69. The molecule has 0 saturated heterocycles. The van der Waals surface area contributed by atoms with Gasteiger partial charge in [0.25, 0.3) is 0 Å². The fourth-order valence-electron chi connectivity index (χ4n) is 1.68. The van der Waals surface area contributed by atoms with E-state index in [4.69, 9.17) is 0 Å². The third-order valence-electron chi connectivity index (χ3n) is 2.53. The predicted octanol–water partition coefficient (Wildman–Crippen LogP) is 1.90. The molecule has 5 nitrogen and oxygen atoms in total. The van der Waals surface area contributed by atoms with Crippen molar-refractivity contribution in [3.05, 3.63) is 48.5 Å². The molecule has 5 heteroatoms. The lowest BCUT2D eigenvalue weighted by molar-refractivity contribution is 0.111. The molecule has 18 heavy (non-hydrogen) atoms. The van der Waals surface area contributed by atoms with Crippen LogP contribution in [0.3, 0.4) is 0 Å². The predicted molar refractivity (Wildman–Crippen MR) is 66.0 cm³/mol. The van der Waals surface area contributed by atoms with Crippen LogP contribution in [-0.4, -0.2) is 26.2 Å². The number of hydrogen-bond acceptors (Lipinski definition) is 5. The summed E-state index contributed by atoms with van der Waals surface area (Å²) in [6, 6.07) is 7.14. The fraction of sp³-hybridized carbons (Fsp3) is 0. The van der Waals surface area contributed by atoms with Gasteiger partial charge in [0.05, 0.1) is 11.0 Å². The third-order valence-corrected chi connectivity index (χ3v) is 2.53. The Morgan fingerprint density at radius 1 is 0.889 bits per heavy atom. The van der Waals surface area contributed by atoms with Gasteiger partial charge in [-0.25, -0.2) is 9.97 Å². The zero-order valence-electron chi connectivity index (χ0n) is 9.32. The highest BCUT2D eigenvalue weighted by atomic mass is 16.1. The maximum atomic E-state index is 10.7. The summed E-state index contributed by atoms with van der Waals surface area (Å²) < 4.78 is 0. The van der Waals surface area contributed by atoms with E-state index in [9.17, 15) is 4.79 Å². The molecule has 86 valence electrons. The number of benzene rings is 1. The summed E-state index contributed by atoms with van der Waals surface area (Å²) in [7, 11) is 0. The maximum Gasteiger partial charge on any atom is 0.168 e. The smallest absolute Gasteiger partial charge is 0.168 e. The fourth-order valence-corrected chi connectivity index (χ4v) is 1.68. The maximum absolute atomic E-state index is 10.7. The number of aldehydes is 1. The van der Waals surface area contributed by atoms with Crippen molar-refractivity contribution in [3.63, 3.8) is 0 Å². The summed E-state index contributed by atoms with van der Waals surface area (Å²) >= 11 is 0. The van der Waals surface area contributed by atoms with Gasteiger partial charge in [0, 0.05) is 24.2 Å². The van der Waals surface area contributed by atoms with E-state index in [1.807, 2.05) is 18.2 Å². The zero-order chi connectivity index (χ0) is 12.4. The number of hydrogen-bond donors (Lipinski definition) is 0. The molecule has 0 radical (unpaired) electrons. The van der Waals surface area contributed by atoms with E-state index >= 15 is 0 Å². The molecular weight excluding hydrogens is 228 g/mol. The lowest BCUT2D eigenvalue weighted by atomic mass is 10.2. The van der Waals surface area contributed by atoms with Crippen LogP contribution in [0.5, 0.6) is 0 Å². The Bertz CT molecular complexity index is 727. The van der Waals surface area contributed by atoms with Crippen LogP contribution in [-0.2, 0) is 0 Å². The first kappa shape index (κ1) is 10.5. The van der Waals surface area contributed by atoms with Gasteiger partial charge < -0.3 is 0 Å². The SMILES string of the molecule is O=Cc1ccnc(-c2ccc3nccnc3c2)n1. The second kappa shape index (κ2) is 4.29. The Kier molecular flexibility index (Phi) is 2.49. The van der Waals surface area contributed by atoms with Crippen LogP contribution in [0.15, 0.2) is 42.9 Å². The molecule has 3 rings (SSSR count). The van der Waals surface area contributed by atoms with Crippen LogP contribution in [0.4, 0.5) is 0 Å². The molecule has 0 amide bonds. The van der Waals surface area contributed by atoms with Gasteiger partial charge in [-0.2, -0.15) is 0 Å². The van der Waals surface area contributed by atoms with Gasteiger partial charge in [-0.05, 0) is 24.3 Å². The molecule has 1 aromatic carbocycles. The number of fused-ring (bicyclic) bond motifs is 1. The summed E-state index contributed by atoms with van der Waals surface area (Å²) in [6.45, 7) is 0. The summed E-state index contributed by atoms with van der Waals surface area (Å²) in [4.78, 5) is 27.4. The summed E-state index contributed by atoms with van der Waals surface area (Å²) in [5.41, 5.74) is 2.76. The average molecular weight is 236 g/mol. The second-order valence-electron chi connectivity index (χ2n) is 3.68. The number of rotatable bonds is 2. The number of aromatic nitrogens is 4. The first-order chi connectivity index (χ1) is 8.86. The molecule has 0 aliphatic heterocycles.